The first-order valence-electron chi connectivity index (χ1n) is 8.49. The second-order valence-electron chi connectivity index (χ2n) is 6.16. The second kappa shape index (κ2) is 6.87. The van der Waals surface area contributed by atoms with Crippen molar-refractivity contribution in [3.8, 4) is 5.69 Å². The van der Waals surface area contributed by atoms with Crippen LogP contribution >= 0.6 is 0 Å². The lowest BCUT2D eigenvalue weighted by Gasteiger charge is -2.15. The maximum Gasteiger partial charge on any atom is 0.270 e. The Morgan fingerprint density at radius 2 is 1.93 bits per heavy atom. The highest BCUT2D eigenvalue weighted by Gasteiger charge is 2.16. The van der Waals surface area contributed by atoms with Crippen LogP contribution in [0.4, 0.5) is 0 Å². The van der Waals surface area contributed by atoms with E-state index in [9.17, 15) is 9.59 Å². The van der Waals surface area contributed by atoms with Crippen LogP contribution < -0.4 is 10.9 Å². The van der Waals surface area contributed by atoms with Crippen molar-refractivity contribution in [2.45, 2.75) is 13.0 Å². The number of rotatable bonds is 4. The van der Waals surface area contributed by atoms with Crippen molar-refractivity contribution in [1.29, 1.82) is 0 Å². The topological polar surface area (TPSA) is 81.3 Å². The Kier molecular flexibility index (Phi) is 4.25. The number of carbonyl (C=O) groups excluding carboxylic acids is 1. The van der Waals surface area contributed by atoms with Crippen molar-refractivity contribution >= 4 is 11.6 Å². The molecule has 0 saturated carbocycles. The van der Waals surface area contributed by atoms with Crippen molar-refractivity contribution in [1.82, 2.24) is 24.3 Å². The second-order valence-corrected chi connectivity index (χ2v) is 6.16. The first-order chi connectivity index (χ1) is 13.1. The molecule has 7 nitrogen and oxygen atoms in total. The summed E-state index contributed by atoms with van der Waals surface area (Å²) in [5, 5.41) is 2.86. The number of amides is 1. The van der Waals surface area contributed by atoms with E-state index in [0.717, 1.165) is 11.3 Å². The molecule has 1 atom stereocenters. The number of hydrogen-bond donors (Lipinski definition) is 1. The molecular weight excluding hydrogens is 342 g/mol. The molecule has 0 aliphatic carbocycles. The molecule has 0 aliphatic heterocycles. The number of nitrogens with zero attached hydrogens (tertiary/aromatic N) is 4. The summed E-state index contributed by atoms with van der Waals surface area (Å²) in [4.78, 5) is 33.3. The van der Waals surface area contributed by atoms with E-state index in [0.29, 0.717) is 5.65 Å². The van der Waals surface area contributed by atoms with Crippen LogP contribution in [0, 0.1) is 0 Å². The largest absolute Gasteiger partial charge is 0.345 e. The number of carbonyl (C=O) groups is 1. The molecule has 0 spiro atoms. The van der Waals surface area contributed by atoms with E-state index in [4.69, 9.17) is 0 Å². The van der Waals surface area contributed by atoms with Gasteiger partial charge in [-0.1, -0.05) is 18.2 Å². The van der Waals surface area contributed by atoms with E-state index >= 15 is 0 Å². The van der Waals surface area contributed by atoms with E-state index in [2.05, 4.69) is 15.3 Å². The van der Waals surface area contributed by atoms with Gasteiger partial charge in [0, 0.05) is 30.5 Å². The standard InChI is InChI=1S/C20H17N5O2/c1-14(15-5-7-16(8-6-15)24-11-9-21-13-24)23-19(26)17-12-22-18-4-2-3-10-25(18)20(17)27/h2-14H,1H3,(H,23,26). The summed E-state index contributed by atoms with van der Waals surface area (Å²) in [7, 11) is 0. The van der Waals surface area contributed by atoms with Crippen LogP contribution in [0.15, 0.2) is 78.4 Å². The van der Waals surface area contributed by atoms with Gasteiger partial charge in [0.2, 0.25) is 0 Å². The van der Waals surface area contributed by atoms with Gasteiger partial charge in [-0.05, 0) is 36.8 Å². The minimum atomic E-state index is -0.447. The first kappa shape index (κ1) is 16.7. The summed E-state index contributed by atoms with van der Waals surface area (Å²) in [5.74, 6) is -0.447. The highest BCUT2D eigenvalue weighted by Crippen LogP contribution is 2.16. The van der Waals surface area contributed by atoms with Gasteiger partial charge in [-0.15, -0.1) is 0 Å². The summed E-state index contributed by atoms with van der Waals surface area (Å²) >= 11 is 0. The van der Waals surface area contributed by atoms with Gasteiger partial charge in [0.25, 0.3) is 11.5 Å². The predicted molar refractivity (Wildman–Crippen MR) is 101 cm³/mol. The van der Waals surface area contributed by atoms with Crippen molar-refractivity contribution in [2.24, 2.45) is 0 Å². The average molecular weight is 359 g/mol. The molecule has 1 N–H and O–H groups in total. The predicted octanol–water partition coefficient (Wildman–Crippen LogP) is 2.37. The van der Waals surface area contributed by atoms with Gasteiger partial charge in [-0.2, -0.15) is 0 Å². The molecule has 4 rings (SSSR count). The Morgan fingerprint density at radius 3 is 2.67 bits per heavy atom. The number of hydrogen-bond acceptors (Lipinski definition) is 4. The third-order valence-corrected chi connectivity index (χ3v) is 4.40. The van der Waals surface area contributed by atoms with Crippen molar-refractivity contribution in [3.05, 3.63) is 95.1 Å². The quantitative estimate of drug-likeness (QED) is 0.607. The first-order valence-corrected chi connectivity index (χ1v) is 8.49. The molecule has 0 bridgehead atoms. The van der Waals surface area contributed by atoms with Crippen LogP contribution in [-0.4, -0.2) is 24.8 Å². The molecule has 0 saturated heterocycles. The van der Waals surface area contributed by atoms with E-state index in [-0.39, 0.29) is 17.2 Å². The fraction of sp³-hybridized carbons (Fsp3) is 0.100. The molecule has 1 aromatic carbocycles. The van der Waals surface area contributed by atoms with Gasteiger partial charge in [0.05, 0.1) is 12.4 Å². The van der Waals surface area contributed by atoms with E-state index in [1.54, 1.807) is 36.9 Å². The summed E-state index contributed by atoms with van der Waals surface area (Å²) in [6.07, 6.45) is 8.22. The highest BCUT2D eigenvalue weighted by molar-refractivity contribution is 5.94. The Labute approximate surface area is 155 Å². The summed E-state index contributed by atoms with van der Waals surface area (Å²) in [5.41, 5.74) is 2.04. The number of aromatic nitrogens is 4. The summed E-state index contributed by atoms with van der Waals surface area (Å²) in [6, 6.07) is 12.7. The van der Waals surface area contributed by atoms with Gasteiger partial charge in [0.1, 0.15) is 11.2 Å². The zero-order valence-electron chi connectivity index (χ0n) is 14.6. The van der Waals surface area contributed by atoms with Crippen LogP contribution in [0.3, 0.4) is 0 Å². The Balaban J connectivity index is 1.54. The van der Waals surface area contributed by atoms with Crippen molar-refractivity contribution < 1.29 is 4.79 Å². The molecule has 0 radical (unpaired) electrons. The minimum Gasteiger partial charge on any atom is -0.345 e. The zero-order valence-corrected chi connectivity index (χ0v) is 14.6. The fourth-order valence-corrected chi connectivity index (χ4v) is 2.89. The molecular formula is C20H17N5O2. The maximum absolute atomic E-state index is 12.6. The molecule has 1 amide bonds. The van der Waals surface area contributed by atoms with Crippen molar-refractivity contribution in [3.63, 3.8) is 0 Å². The number of pyridine rings is 1. The summed E-state index contributed by atoms with van der Waals surface area (Å²) in [6.45, 7) is 1.87. The molecule has 3 aromatic heterocycles. The van der Waals surface area contributed by atoms with E-state index in [1.165, 1.54) is 10.6 Å². The minimum absolute atomic E-state index is 0.0144. The molecule has 0 aliphatic rings. The normalized spacial score (nSPS) is 12.0. The molecule has 0 fully saturated rings. The number of fused-ring (bicyclic) bond motifs is 1. The van der Waals surface area contributed by atoms with Crippen LogP contribution in [0.25, 0.3) is 11.3 Å². The number of imidazole rings is 1. The number of nitrogens with one attached hydrogen (secondary N) is 1. The molecule has 4 aromatic rings. The summed E-state index contributed by atoms with van der Waals surface area (Å²) < 4.78 is 3.26. The zero-order chi connectivity index (χ0) is 18.8. The Hall–Kier alpha value is -3.74. The fourth-order valence-electron chi connectivity index (χ4n) is 2.89. The third-order valence-electron chi connectivity index (χ3n) is 4.40. The highest BCUT2D eigenvalue weighted by atomic mass is 16.2. The molecule has 7 heteroatoms. The monoisotopic (exact) mass is 359 g/mol. The third kappa shape index (κ3) is 3.22. The lowest BCUT2D eigenvalue weighted by atomic mass is 10.1. The SMILES string of the molecule is CC(NC(=O)c1cnc2ccccn2c1=O)c1ccc(-n2ccnc2)cc1. The molecule has 27 heavy (non-hydrogen) atoms. The average Bonchev–Trinajstić information content (AvgIpc) is 3.23. The lowest BCUT2D eigenvalue weighted by Crippen LogP contribution is -2.33. The van der Waals surface area contributed by atoms with Gasteiger partial charge < -0.3 is 9.88 Å². The van der Waals surface area contributed by atoms with Gasteiger partial charge >= 0.3 is 0 Å². The smallest absolute Gasteiger partial charge is 0.270 e. The van der Waals surface area contributed by atoms with Gasteiger partial charge in [-0.3, -0.25) is 14.0 Å². The Bertz CT molecular complexity index is 1150. The van der Waals surface area contributed by atoms with Crippen LogP contribution in [-0.2, 0) is 0 Å². The van der Waals surface area contributed by atoms with Crippen LogP contribution in [0.1, 0.15) is 28.9 Å². The molecule has 3 heterocycles. The lowest BCUT2D eigenvalue weighted by molar-refractivity contribution is 0.0938. The molecule has 1 unspecified atom stereocenters. The van der Waals surface area contributed by atoms with Crippen LogP contribution in [0.2, 0.25) is 0 Å². The van der Waals surface area contributed by atoms with Gasteiger partial charge in [0.15, 0.2) is 0 Å². The maximum atomic E-state index is 12.6. The van der Waals surface area contributed by atoms with E-state index < -0.39 is 5.91 Å². The van der Waals surface area contributed by atoms with Crippen molar-refractivity contribution in [2.75, 3.05) is 0 Å². The van der Waals surface area contributed by atoms with Gasteiger partial charge in [-0.25, -0.2) is 9.97 Å². The molecule has 134 valence electrons. The van der Waals surface area contributed by atoms with E-state index in [1.807, 2.05) is 42.0 Å². The van der Waals surface area contributed by atoms with Crippen LogP contribution in [0.5, 0.6) is 0 Å². The Morgan fingerprint density at radius 1 is 1.11 bits per heavy atom. The number of benzene rings is 1.